The largest absolute Gasteiger partial charge is 0.497 e. The van der Waals surface area contributed by atoms with Crippen LogP contribution >= 0.6 is 0 Å². The van der Waals surface area contributed by atoms with Gasteiger partial charge in [0.1, 0.15) is 17.4 Å². The molecule has 4 rings (SSSR count). The van der Waals surface area contributed by atoms with Crippen molar-refractivity contribution in [2.45, 2.75) is 44.1 Å². The molecular formula is C21H25N7O2. The van der Waals surface area contributed by atoms with E-state index < -0.39 is 5.60 Å². The third kappa shape index (κ3) is 3.88. The molecule has 1 aliphatic rings. The van der Waals surface area contributed by atoms with Crippen LogP contribution in [0.15, 0.2) is 35.6 Å². The third-order valence-electron chi connectivity index (χ3n) is 5.43. The van der Waals surface area contributed by atoms with Gasteiger partial charge in [-0.2, -0.15) is 5.10 Å². The molecule has 0 aliphatic heterocycles. The Labute approximate surface area is 174 Å². The van der Waals surface area contributed by atoms with E-state index >= 15 is 0 Å². The summed E-state index contributed by atoms with van der Waals surface area (Å²) >= 11 is 0. The molecule has 0 unspecified atom stereocenters. The molecule has 30 heavy (non-hydrogen) atoms. The third-order valence-corrected chi connectivity index (χ3v) is 5.43. The lowest BCUT2D eigenvalue weighted by atomic mass is 9.74. The van der Waals surface area contributed by atoms with Gasteiger partial charge >= 0.3 is 0 Å². The van der Waals surface area contributed by atoms with Crippen LogP contribution in [-0.4, -0.2) is 43.7 Å². The number of benzene rings is 1. The predicted molar refractivity (Wildman–Crippen MR) is 113 cm³/mol. The first kappa shape index (κ1) is 20.0. The molecule has 1 saturated carbocycles. The minimum Gasteiger partial charge on any atom is -0.497 e. The molecule has 2 heterocycles. The van der Waals surface area contributed by atoms with Gasteiger partial charge in [-0.1, -0.05) is 0 Å². The molecule has 1 fully saturated rings. The van der Waals surface area contributed by atoms with Crippen LogP contribution in [0.1, 0.15) is 55.7 Å². The van der Waals surface area contributed by atoms with E-state index in [1.165, 1.54) is 6.34 Å². The Morgan fingerprint density at radius 2 is 1.97 bits per heavy atom. The molecule has 0 saturated heterocycles. The van der Waals surface area contributed by atoms with Gasteiger partial charge in [-0.15, -0.1) is 0 Å². The van der Waals surface area contributed by atoms with Gasteiger partial charge in [-0.05, 0) is 38.8 Å². The predicted octanol–water partition coefficient (Wildman–Crippen LogP) is 2.78. The Bertz CT molecular complexity index is 1050. The van der Waals surface area contributed by atoms with Gasteiger partial charge in [-0.25, -0.2) is 19.9 Å². The maximum absolute atomic E-state index is 10.0. The average molecular weight is 407 g/mol. The number of ether oxygens (including phenoxy) is 1. The molecule has 2 aromatic heterocycles. The SMILES string of the molecule is COc1ccc(-c2n[nH]c(C3CC(c4ncc(C(C)(C)O)cn4)C3)n2)c(N=CN)c1. The molecule has 3 aromatic rings. The maximum Gasteiger partial charge on any atom is 0.183 e. The van der Waals surface area contributed by atoms with Crippen molar-refractivity contribution in [1.82, 2.24) is 25.1 Å². The Morgan fingerprint density at radius 1 is 1.23 bits per heavy atom. The second-order valence-electron chi connectivity index (χ2n) is 7.96. The van der Waals surface area contributed by atoms with Gasteiger partial charge in [0.15, 0.2) is 5.82 Å². The normalized spacial score (nSPS) is 19.1. The van der Waals surface area contributed by atoms with Crippen LogP contribution in [0.5, 0.6) is 5.75 Å². The van der Waals surface area contributed by atoms with Crippen LogP contribution < -0.4 is 10.5 Å². The molecule has 0 atom stereocenters. The fraction of sp³-hybridized carbons (Fsp3) is 0.381. The molecule has 9 nitrogen and oxygen atoms in total. The average Bonchev–Trinajstić information content (AvgIpc) is 3.16. The minimum absolute atomic E-state index is 0.272. The van der Waals surface area contributed by atoms with E-state index in [1.54, 1.807) is 39.4 Å². The van der Waals surface area contributed by atoms with E-state index in [-0.39, 0.29) is 11.8 Å². The quantitative estimate of drug-likeness (QED) is 0.422. The van der Waals surface area contributed by atoms with Crippen molar-refractivity contribution in [2.75, 3.05) is 7.11 Å². The number of aliphatic hydroxyl groups is 1. The molecular weight excluding hydrogens is 382 g/mol. The van der Waals surface area contributed by atoms with Crippen LogP contribution in [0.2, 0.25) is 0 Å². The van der Waals surface area contributed by atoms with E-state index in [9.17, 15) is 5.11 Å². The molecule has 4 N–H and O–H groups in total. The summed E-state index contributed by atoms with van der Waals surface area (Å²) in [6.45, 7) is 3.44. The number of hydrogen-bond donors (Lipinski definition) is 3. The lowest BCUT2D eigenvalue weighted by Gasteiger charge is -2.32. The van der Waals surface area contributed by atoms with Crippen molar-refractivity contribution >= 4 is 12.0 Å². The standard InChI is InChI=1S/C21H25N7O2/c1-21(2,29)14-9-23-18(24-10-14)12-6-13(7-12)19-26-20(28-27-19)16-5-4-15(30-3)8-17(16)25-11-22/h4-5,8-13,29H,6-7H2,1-3H3,(H2,22,25)(H,26,27,28). The van der Waals surface area contributed by atoms with Gasteiger partial charge in [0.25, 0.3) is 0 Å². The van der Waals surface area contributed by atoms with Crippen molar-refractivity contribution in [3.8, 4) is 17.1 Å². The summed E-state index contributed by atoms with van der Waals surface area (Å²) in [6.07, 6.45) is 6.43. The zero-order chi connectivity index (χ0) is 21.3. The van der Waals surface area contributed by atoms with Gasteiger partial charge in [-0.3, -0.25) is 5.10 Å². The van der Waals surface area contributed by atoms with Gasteiger partial charge in [0, 0.05) is 41.4 Å². The van der Waals surface area contributed by atoms with Crippen LogP contribution in [-0.2, 0) is 5.60 Å². The molecule has 0 amide bonds. The van der Waals surface area contributed by atoms with Gasteiger partial charge < -0.3 is 15.6 Å². The summed E-state index contributed by atoms with van der Waals surface area (Å²) in [6, 6.07) is 5.51. The maximum atomic E-state index is 10.0. The van der Waals surface area contributed by atoms with Crippen LogP contribution in [0.25, 0.3) is 11.4 Å². The zero-order valence-corrected chi connectivity index (χ0v) is 17.2. The van der Waals surface area contributed by atoms with E-state index in [1.807, 2.05) is 12.1 Å². The number of hydrogen-bond acceptors (Lipinski definition) is 7. The lowest BCUT2D eigenvalue weighted by molar-refractivity contribution is 0.0776. The topological polar surface area (TPSA) is 135 Å². The van der Waals surface area contributed by atoms with Crippen LogP contribution in [0.3, 0.4) is 0 Å². The number of nitrogens with zero attached hydrogens (tertiary/aromatic N) is 5. The van der Waals surface area contributed by atoms with E-state index in [4.69, 9.17) is 10.5 Å². The highest BCUT2D eigenvalue weighted by molar-refractivity contribution is 5.75. The molecule has 156 valence electrons. The Hall–Kier alpha value is -3.33. The highest BCUT2D eigenvalue weighted by Crippen LogP contribution is 2.45. The Morgan fingerprint density at radius 3 is 2.60 bits per heavy atom. The number of aromatic amines is 1. The fourth-order valence-electron chi connectivity index (χ4n) is 3.51. The summed E-state index contributed by atoms with van der Waals surface area (Å²) < 4.78 is 5.25. The number of aliphatic imine (C=N–C) groups is 1. The van der Waals surface area contributed by atoms with Crippen molar-refractivity contribution in [3.63, 3.8) is 0 Å². The van der Waals surface area contributed by atoms with Gasteiger partial charge in [0.2, 0.25) is 0 Å². The fourth-order valence-corrected chi connectivity index (χ4v) is 3.51. The Kier molecular flexibility index (Phi) is 5.21. The zero-order valence-electron chi connectivity index (χ0n) is 17.2. The monoisotopic (exact) mass is 407 g/mol. The molecule has 9 heteroatoms. The summed E-state index contributed by atoms with van der Waals surface area (Å²) in [5, 5.41) is 17.5. The number of H-pyrrole nitrogens is 1. The van der Waals surface area contributed by atoms with Crippen molar-refractivity contribution in [3.05, 3.63) is 47.8 Å². The second-order valence-corrected chi connectivity index (χ2v) is 7.96. The highest BCUT2D eigenvalue weighted by atomic mass is 16.5. The smallest absolute Gasteiger partial charge is 0.183 e. The van der Waals surface area contributed by atoms with E-state index in [0.29, 0.717) is 22.8 Å². The van der Waals surface area contributed by atoms with E-state index in [0.717, 1.165) is 30.1 Å². The number of nitrogens with one attached hydrogen (secondary N) is 1. The Balaban J connectivity index is 1.46. The summed E-state index contributed by atoms with van der Waals surface area (Å²) in [5.41, 5.74) is 6.67. The first-order valence-electron chi connectivity index (χ1n) is 9.78. The number of aromatic nitrogens is 5. The van der Waals surface area contributed by atoms with Crippen molar-refractivity contribution in [2.24, 2.45) is 10.7 Å². The number of methoxy groups -OCH3 is 1. The highest BCUT2D eigenvalue weighted by Gasteiger charge is 2.35. The molecule has 1 aliphatic carbocycles. The summed E-state index contributed by atoms with van der Waals surface area (Å²) in [5.74, 6) is 3.45. The number of rotatable bonds is 6. The molecule has 0 spiro atoms. The summed E-state index contributed by atoms with van der Waals surface area (Å²) in [7, 11) is 1.60. The first-order valence-corrected chi connectivity index (χ1v) is 9.78. The first-order chi connectivity index (χ1) is 14.4. The van der Waals surface area contributed by atoms with E-state index in [2.05, 4.69) is 30.1 Å². The van der Waals surface area contributed by atoms with Crippen molar-refractivity contribution < 1.29 is 9.84 Å². The van der Waals surface area contributed by atoms with Crippen molar-refractivity contribution in [1.29, 1.82) is 0 Å². The number of nitrogens with two attached hydrogens (primary N) is 1. The van der Waals surface area contributed by atoms with Crippen LogP contribution in [0.4, 0.5) is 5.69 Å². The summed E-state index contributed by atoms with van der Waals surface area (Å²) in [4.78, 5) is 17.8. The van der Waals surface area contributed by atoms with Crippen LogP contribution in [0, 0.1) is 0 Å². The molecule has 0 radical (unpaired) electrons. The second kappa shape index (κ2) is 7.83. The minimum atomic E-state index is -0.939. The van der Waals surface area contributed by atoms with Gasteiger partial charge in [0.05, 0.1) is 24.7 Å². The molecule has 0 bridgehead atoms. The molecule has 1 aromatic carbocycles. The lowest BCUT2D eigenvalue weighted by Crippen LogP contribution is -2.24.